The van der Waals surface area contributed by atoms with Crippen LogP contribution in [0.4, 0.5) is 5.69 Å². The molecule has 2 aromatic rings. The summed E-state index contributed by atoms with van der Waals surface area (Å²) in [6, 6.07) is 8.28. The molecule has 1 aromatic carbocycles. The number of anilines is 1. The zero-order valence-corrected chi connectivity index (χ0v) is 16.9. The second-order valence-corrected chi connectivity index (χ2v) is 7.68. The molecule has 0 aliphatic heterocycles. The number of carbonyl (C=O) groups excluding carboxylic acids is 2. The average Bonchev–Trinajstić information content (AvgIpc) is 3.10. The summed E-state index contributed by atoms with van der Waals surface area (Å²) in [7, 11) is 1.91. The SMILES string of the molecule is Cc1cc(C)c(NC(=O)CNC(=O)CN(C)C(C)c2cccs2)c(C)c1. The molecule has 1 heterocycles. The Morgan fingerprint density at radius 3 is 2.38 bits per heavy atom. The molecule has 140 valence electrons. The topological polar surface area (TPSA) is 61.4 Å². The standard InChI is InChI=1S/C20H27N3O2S/c1-13-9-14(2)20(15(3)10-13)22-18(24)11-21-19(25)12-23(5)16(4)17-7-6-8-26-17/h6-10,16H,11-12H2,1-5H3,(H,21,25)(H,22,24). The number of aryl methyl sites for hydroxylation is 3. The molecule has 0 saturated carbocycles. The molecule has 2 N–H and O–H groups in total. The summed E-state index contributed by atoms with van der Waals surface area (Å²) in [4.78, 5) is 27.5. The van der Waals surface area contributed by atoms with Gasteiger partial charge < -0.3 is 10.6 Å². The Kier molecular flexibility index (Phi) is 6.94. The number of nitrogens with zero attached hydrogens (tertiary/aromatic N) is 1. The van der Waals surface area contributed by atoms with Gasteiger partial charge in [-0.15, -0.1) is 11.3 Å². The molecule has 1 atom stereocenters. The summed E-state index contributed by atoms with van der Waals surface area (Å²) in [5.41, 5.74) is 4.02. The van der Waals surface area contributed by atoms with E-state index in [1.807, 2.05) is 56.3 Å². The minimum absolute atomic E-state index is 0.0349. The molecule has 2 amide bonds. The molecule has 0 aliphatic carbocycles. The molecule has 0 aliphatic rings. The van der Waals surface area contributed by atoms with E-state index < -0.39 is 0 Å². The van der Waals surface area contributed by atoms with Gasteiger partial charge in [0, 0.05) is 16.6 Å². The minimum Gasteiger partial charge on any atom is -0.346 e. The maximum absolute atomic E-state index is 12.2. The van der Waals surface area contributed by atoms with E-state index in [0.29, 0.717) is 0 Å². The molecule has 1 aromatic heterocycles. The van der Waals surface area contributed by atoms with Crippen LogP contribution < -0.4 is 10.6 Å². The Hall–Kier alpha value is -2.18. The summed E-state index contributed by atoms with van der Waals surface area (Å²) >= 11 is 1.67. The van der Waals surface area contributed by atoms with Crippen LogP contribution in [-0.2, 0) is 9.59 Å². The van der Waals surface area contributed by atoms with Crippen molar-refractivity contribution in [1.29, 1.82) is 0 Å². The normalized spacial score (nSPS) is 12.1. The molecular weight excluding hydrogens is 346 g/mol. The number of carbonyl (C=O) groups is 2. The summed E-state index contributed by atoms with van der Waals surface area (Å²) in [5, 5.41) is 7.62. The van der Waals surface area contributed by atoms with Gasteiger partial charge in [-0.3, -0.25) is 14.5 Å². The van der Waals surface area contributed by atoms with Crippen molar-refractivity contribution in [2.45, 2.75) is 33.7 Å². The molecule has 5 nitrogen and oxygen atoms in total. The maximum Gasteiger partial charge on any atom is 0.243 e. The lowest BCUT2D eigenvalue weighted by molar-refractivity contribution is -0.125. The highest BCUT2D eigenvalue weighted by Crippen LogP contribution is 2.23. The number of thiophene rings is 1. The molecule has 0 spiro atoms. The van der Waals surface area contributed by atoms with E-state index in [9.17, 15) is 9.59 Å². The fraction of sp³-hybridized carbons (Fsp3) is 0.400. The number of hydrogen-bond donors (Lipinski definition) is 2. The van der Waals surface area contributed by atoms with Crippen molar-refractivity contribution >= 4 is 28.8 Å². The smallest absolute Gasteiger partial charge is 0.243 e. The molecule has 0 saturated heterocycles. The Labute approximate surface area is 159 Å². The number of amides is 2. The fourth-order valence-corrected chi connectivity index (χ4v) is 3.75. The van der Waals surface area contributed by atoms with Crippen LogP contribution in [0, 0.1) is 20.8 Å². The predicted octanol–water partition coefficient (Wildman–Crippen LogP) is 3.42. The van der Waals surface area contributed by atoms with Gasteiger partial charge in [-0.05, 0) is 57.3 Å². The quantitative estimate of drug-likeness (QED) is 0.782. The second-order valence-electron chi connectivity index (χ2n) is 6.71. The first-order valence-electron chi connectivity index (χ1n) is 8.66. The highest BCUT2D eigenvalue weighted by atomic mass is 32.1. The summed E-state index contributed by atoms with van der Waals surface area (Å²) in [6.07, 6.45) is 0. The van der Waals surface area contributed by atoms with Gasteiger partial charge in [0.2, 0.25) is 11.8 Å². The van der Waals surface area contributed by atoms with E-state index in [1.54, 1.807) is 11.3 Å². The number of benzene rings is 1. The second kappa shape index (κ2) is 8.96. The van der Waals surface area contributed by atoms with Crippen molar-refractivity contribution in [3.8, 4) is 0 Å². The third kappa shape index (κ3) is 5.41. The molecule has 0 fully saturated rings. The third-order valence-corrected chi connectivity index (χ3v) is 5.44. The molecule has 1 unspecified atom stereocenters. The lowest BCUT2D eigenvalue weighted by Crippen LogP contribution is -2.39. The van der Waals surface area contributed by atoms with Gasteiger partial charge in [-0.1, -0.05) is 23.8 Å². The van der Waals surface area contributed by atoms with Crippen molar-refractivity contribution < 1.29 is 9.59 Å². The van der Waals surface area contributed by atoms with Crippen LogP contribution in [0.15, 0.2) is 29.6 Å². The van der Waals surface area contributed by atoms with Gasteiger partial charge in [-0.2, -0.15) is 0 Å². The highest BCUT2D eigenvalue weighted by molar-refractivity contribution is 7.10. The van der Waals surface area contributed by atoms with E-state index in [-0.39, 0.29) is 30.9 Å². The summed E-state index contributed by atoms with van der Waals surface area (Å²) < 4.78 is 0. The number of rotatable bonds is 7. The number of hydrogen-bond acceptors (Lipinski definition) is 4. The zero-order chi connectivity index (χ0) is 19.3. The molecule has 2 rings (SSSR count). The van der Waals surface area contributed by atoms with E-state index in [0.717, 1.165) is 22.4 Å². The average molecular weight is 374 g/mol. The van der Waals surface area contributed by atoms with Gasteiger partial charge >= 0.3 is 0 Å². The molecule has 0 radical (unpaired) electrons. The van der Waals surface area contributed by atoms with Crippen molar-refractivity contribution in [3.63, 3.8) is 0 Å². The van der Waals surface area contributed by atoms with Gasteiger partial charge in [0.1, 0.15) is 0 Å². The Bertz CT molecular complexity index is 748. The first-order chi connectivity index (χ1) is 12.3. The van der Waals surface area contributed by atoms with Crippen LogP contribution in [0.2, 0.25) is 0 Å². The molecule has 6 heteroatoms. The van der Waals surface area contributed by atoms with Crippen molar-refractivity contribution in [2.24, 2.45) is 0 Å². The fourth-order valence-electron chi connectivity index (χ4n) is 2.91. The van der Waals surface area contributed by atoms with Crippen molar-refractivity contribution in [1.82, 2.24) is 10.2 Å². The largest absolute Gasteiger partial charge is 0.346 e. The Morgan fingerprint density at radius 1 is 1.15 bits per heavy atom. The molecular formula is C20H27N3O2S. The number of likely N-dealkylation sites (N-methyl/N-ethyl adjacent to an activating group) is 1. The summed E-state index contributed by atoms with van der Waals surface area (Å²) in [5.74, 6) is -0.384. The van der Waals surface area contributed by atoms with Crippen LogP contribution in [0.25, 0.3) is 0 Å². The van der Waals surface area contributed by atoms with Gasteiger partial charge in [0.15, 0.2) is 0 Å². The Morgan fingerprint density at radius 2 is 1.81 bits per heavy atom. The van der Waals surface area contributed by atoms with E-state index in [2.05, 4.69) is 23.6 Å². The monoisotopic (exact) mass is 373 g/mol. The molecule has 26 heavy (non-hydrogen) atoms. The third-order valence-electron chi connectivity index (χ3n) is 4.40. The Balaban J connectivity index is 1.83. The van der Waals surface area contributed by atoms with E-state index >= 15 is 0 Å². The van der Waals surface area contributed by atoms with Gasteiger partial charge in [-0.25, -0.2) is 0 Å². The van der Waals surface area contributed by atoms with Crippen LogP contribution in [0.5, 0.6) is 0 Å². The lowest BCUT2D eigenvalue weighted by atomic mass is 10.1. The predicted molar refractivity (Wildman–Crippen MR) is 108 cm³/mol. The number of nitrogens with one attached hydrogen (secondary N) is 2. The van der Waals surface area contributed by atoms with E-state index in [1.165, 1.54) is 4.88 Å². The van der Waals surface area contributed by atoms with Crippen LogP contribution in [0.1, 0.15) is 34.5 Å². The van der Waals surface area contributed by atoms with Crippen LogP contribution in [0.3, 0.4) is 0 Å². The molecule has 0 bridgehead atoms. The first kappa shape index (κ1) is 20.1. The zero-order valence-electron chi connectivity index (χ0n) is 16.1. The van der Waals surface area contributed by atoms with Crippen LogP contribution in [-0.4, -0.2) is 36.9 Å². The highest BCUT2D eigenvalue weighted by Gasteiger charge is 2.16. The lowest BCUT2D eigenvalue weighted by Gasteiger charge is -2.23. The maximum atomic E-state index is 12.2. The van der Waals surface area contributed by atoms with Crippen molar-refractivity contribution in [2.75, 3.05) is 25.5 Å². The first-order valence-corrected chi connectivity index (χ1v) is 9.54. The van der Waals surface area contributed by atoms with Crippen LogP contribution >= 0.6 is 11.3 Å². The summed E-state index contributed by atoms with van der Waals surface area (Å²) in [6.45, 7) is 8.24. The van der Waals surface area contributed by atoms with Crippen molar-refractivity contribution in [3.05, 3.63) is 51.2 Å². The van der Waals surface area contributed by atoms with Gasteiger partial charge in [0.25, 0.3) is 0 Å². The minimum atomic E-state index is -0.220. The van der Waals surface area contributed by atoms with E-state index in [4.69, 9.17) is 0 Å². The van der Waals surface area contributed by atoms with Gasteiger partial charge in [0.05, 0.1) is 13.1 Å².